The number of benzene rings is 2. The zero-order valence-electron chi connectivity index (χ0n) is 15.8. The predicted octanol–water partition coefficient (Wildman–Crippen LogP) is 2.96. The molecule has 2 aromatic carbocycles. The number of rotatable bonds is 4. The molecule has 0 aliphatic carbocycles. The minimum atomic E-state index is -0.341. The summed E-state index contributed by atoms with van der Waals surface area (Å²) in [5, 5.41) is 4.29. The Kier molecular flexibility index (Phi) is 4.31. The van der Waals surface area contributed by atoms with Gasteiger partial charge in [0, 0.05) is 18.1 Å². The van der Waals surface area contributed by atoms with Crippen molar-refractivity contribution in [1.82, 2.24) is 18.7 Å². The molecule has 2 heterocycles. The van der Waals surface area contributed by atoms with Crippen LogP contribution in [0, 0.1) is 13.8 Å². The second-order valence-corrected chi connectivity index (χ2v) is 6.82. The lowest BCUT2D eigenvalue weighted by Gasteiger charge is -2.08. The van der Waals surface area contributed by atoms with Crippen LogP contribution >= 0.6 is 0 Å². The summed E-state index contributed by atoms with van der Waals surface area (Å²) in [7, 11) is 0. The van der Waals surface area contributed by atoms with Crippen LogP contribution in [0.25, 0.3) is 17.4 Å². The average Bonchev–Trinajstić information content (AvgIpc) is 3.02. The van der Waals surface area contributed by atoms with E-state index >= 15 is 0 Å². The van der Waals surface area contributed by atoms with Gasteiger partial charge in [0.1, 0.15) is 0 Å². The van der Waals surface area contributed by atoms with Crippen LogP contribution in [0.3, 0.4) is 0 Å². The van der Waals surface area contributed by atoms with Crippen molar-refractivity contribution in [2.45, 2.75) is 20.4 Å². The Balaban J connectivity index is 1.78. The molecule has 4 rings (SSSR count). The number of nitrogens with zero attached hydrogens (tertiary/aromatic N) is 4. The Bertz CT molecular complexity index is 1310. The number of aromatic nitrogens is 4. The first kappa shape index (κ1) is 17.7. The number of hydrogen-bond donors (Lipinski definition) is 0. The first-order valence-electron chi connectivity index (χ1n) is 8.98. The lowest BCUT2D eigenvalue weighted by molar-refractivity contribution is 0.658. The maximum absolute atomic E-state index is 12.9. The van der Waals surface area contributed by atoms with E-state index in [4.69, 9.17) is 0 Å². The monoisotopic (exact) mass is 372 g/mol. The zero-order valence-corrected chi connectivity index (χ0v) is 15.8. The second kappa shape index (κ2) is 6.81. The van der Waals surface area contributed by atoms with Gasteiger partial charge in [0.15, 0.2) is 0 Å². The van der Waals surface area contributed by atoms with E-state index in [9.17, 15) is 9.59 Å². The highest BCUT2D eigenvalue weighted by Crippen LogP contribution is 2.13. The van der Waals surface area contributed by atoms with E-state index in [1.54, 1.807) is 18.5 Å². The molecule has 0 saturated heterocycles. The van der Waals surface area contributed by atoms with Gasteiger partial charge in [0.25, 0.3) is 0 Å². The largest absolute Gasteiger partial charge is 0.350 e. The first-order chi connectivity index (χ1) is 13.5. The highest BCUT2D eigenvalue weighted by Gasteiger charge is 2.13. The van der Waals surface area contributed by atoms with Gasteiger partial charge in [-0.3, -0.25) is 9.36 Å². The minimum Gasteiger partial charge on any atom is -0.280 e. The molecule has 28 heavy (non-hydrogen) atoms. The summed E-state index contributed by atoms with van der Waals surface area (Å²) >= 11 is 0. The molecule has 6 nitrogen and oxygen atoms in total. The molecule has 0 fully saturated rings. The molecule has 0 saturated carbocycles. The summed E-state index contributed by atoms with van der Waals surface area (Å²) in [6.07, 6.45) is 4.94. The number of fused-ring (bicyclic) bond motifs is 1. The quantitative estimate of drug-likeness (QED) is 0.553. The smallest absolute Gasteiger partial charge is 0.280 e. The van der Waals surface area contributed by atoms with Gasteiger partial charge in [-0.1, -0.05) is 43.0 Å². The molecule has 4 aromatic rings. The fraction of sp³-hybridized carbons (Fsp3) is 0.136. The van der Waals surface area contributed by atoms with E-state index in [0.717, 1.165) is 27.9 Å². The van der Waals surface area contributed by atoms with Gasteiger partial charge in [-0.2, -0.15) is 0 Å². The maximum atomic E-state index is 12.9. The van der Waals surface area contributed by atoms with Crippen LogP contribution in [0.2, 0.25) is 0 Å². The minimum absolute atomic E-state index is 0.105. The Labute approximate surface area is 161 Å². The molecule has 0 unspecified atom stereocenters. The fourth-order valence-corrected chi connectivity index (χ4v) is 3.12. The summed E-state index contributed by atoms with van der Waals surface area (Å²) in [4.78, 5) is 25.6. The Morgan fingerprint density at radius 1 is 1.00 bits per heavy atom. The van der Waals surface area contributed by atoms with Crippen LogP contribution in [0.15, 0.2) is 71.0 Å². The van der Waals surface area contributed by atoms with Crippen molar-refractivity contribution < 1.29 is 0 Å². The third kappa shape index (κ3) is 2.99. The maximum Gasteiger partial charge on any atom is 0.350 e. The van der Waals surface area contributed by atoms with E-state index in [2.05, 4.69) is 11.7 Å². The van der Waals surface area contributed by atoms with Gasteiger partial charge >= 0.3 is 11.2 Å². The Morgan fingerprint density at radius 2 is 1.75 bits per heavy atom. The second-order valence-electron chi connectivity index (χ2n) is 6.82. The lowest BCUT2D eigenvalue weighted by atomic mass is 10.1. The van der Waals surface area contributed by atoms with Crippen molar-refractivity contribution in [2.24, 2.45) is 0 Å². The molecule has 0 radical (unpaired) electrons. The molecule has 0 bridgehead atoms. The summed E-state index contributed by atoms with van der Waals surface area (Å²) in [6, 6.07) is 13.5. The van der Waals surface area contributed by atoms with Gasteiger partial charge in [-0.05, 0) is 48.2 Å². The number of aryl methyl sites for hydroxylation is 2. The highest BCUT2D eigenvalue weighted by atomic mass is 16.2. The molecule has 0 spiro atoms. The van der Waals surface area contributed by atoms with Crippen LogP contribution in [0.1, 0.15) is 22.3 Å². The number of hydrogen-bond acceptors (Lipinski definition) is 3. The van der Waals surface area contributed by atoms with Crippen molar-refractivity contribution >= 4 is 11.7 Å². The molecular formula is C22H20N4O2. The molecule has 0 aliphatic heterocycles. The van der Waals surface area contributed by atoms with Gasteiger partial charge in [-0.25, -0.2) is 13.9 Å². The molecule has 0 atom stereocenters. The first-order valence-corrected chi connectivity index (χ1v) is 8.98. The topological polar surface area (TPSA) is 61.3 Å². The van der Waals surface area contributed by atoms with Gasteiger partial charge in [-0.15, -0.1) is 5.10 Å². The fourth-order valence-electron chi connectivity index (χ4n) is 3.12. The predicted molar refractivity (Wildman–Crippen MR) is 110 cm³/mol. The molecule has 0 aliphatic rings. The molecule has 2 aromatic heterocycles. The molecule has 0 amide bonds. The van der Waals surface area contributed by atoms with Crippen molar-refractivity contribution in [3.8, 4) is 5.69 Å². The molecule has 140 valence electrons. The summed E-state index contributed by atoms with van der Waals surface area (Å²) in [6.45, 7) is 8.05. The van der Waals surface area contributed by atoms with Crippen LogP contribution in [0.4, 0.5) is 0 Å². The van der Waals surface area contributed by atoms with Gasteiger partial charge in [0.05, 0.1) is 6.54 Å². The van der Waals surface area contributed by atoms with Crippen molar-refractivity contribution in [2.75, 3.05) is 0 Å². The van der Waals surface area contributed by atoms with Gasteiger partial charge in [0.2, 0.25) is 5.65 Å². The highest BCUT2D eigenvalue weighted by molar-refractivity contribution is 5.47. The van der Waals surface area contributed by atoms with Crippen LogP contribution in [-0.2, 0) is 6.54 Å². The van der Waals surface area contributed by atoms with E-state index < -0.39 is 0 Å². The van der Waals surface area contributed by atoms with Crippen LogP contribution in [-0.4, -0.2) is 18.7 Å². The van der Waals surface area contributed by atoms with Crippen LogP contribution in [0.5, 0.6) is 0 Å². The van der Waals surface area contributed by atoms with Crippen molar-refractivity contribution in [3.63, 3.8) is 0 Å². The van der Waals surface area contributed by atoms with Gasteiger partial charge < -0.3 is 0 Å². The van der Waals surface area contributed by atoms with Crippen molar-refractivity contribution in [1.29, 1.82) is 0 Å². The van der Waals surface area contributed by atoms with Crippen LogP contribution < -0.4 is 11.2 Å². The SMILES string of the molecule is C=Cc1ccc(Cn2nc3c(=O)n(-c4ccc(C)c(C)c4)ccn3c2=O)cc1. The summed E-state index contributed by atoms with van der Waals surface area (Å²) < 4.78 is 4.11. The molecular weight excluding hydrogens is 352 g/mol. The summed E-state index contributed by atoms with van der Waals surface area (Å²) in [5.41, 5.74) is 4.35. The molecule has 6 heteroatoms. The van der Waals surface area contributed by atoms with E-state index in [1.807, 2.05) is 56.3 Å². The lowest BCUT2D eigenvalue weighted by Crippen LogP contribution is -2.24. The third-order valence-corrected chi connectivity index (χ3v) is 4.96. The zero-order chi connectivity index (χ0) is 19.8. The van der Waals surface area contributed by atoms with E-state index in [-0.39, 0.29) is 16.9 Å². The third-order valence-electron chi connectivity index (χ3n) is 4.96. The molecule has 0 N–H and O–H groups in total. The Hall–Kier alpha value is -3.67. The normalized spacial score (nSPS) is 11.1. The van der Waals surface area contributed by atoms with E-state index in [1.165, 1.54) is 13.6 Å². The summed E-state index contributed by atoms with van der Waals surface area (Å²) in [5.74, 6) is 0. The average molecular weight is 372 g/mol. The van der Waals surface area contributed by atoms with Crippen molar-refractivity contribution in [3.05, 3.63) is 105 Å². The standard InChI is InChI=1S/C22H20N4O2/c1-4-17-6-8-18(9-7-17)14-26-22(28)25-12-11-24(21(27)20(25)23-26)19-10-5-15(2)16(3)13-19/h4-13H,1,14H2,2-3H3. The Morgan fingerprint density at radius 3 is 2.43 bits per heavy atom. The van der Waals surface area contributed by atoms with E-state index in [0.29, 0.717) is 6.54 Å².